The van der Waals surface area contributed by atoms with E-state index in [9.17, 15) is 67.7 Å². The monoisotopic (exact) mass is 1180 g/mol. The van der Waals surface area contributed by atoms with Crippen LogP contribution in [0.4, 0.5) is 40.3 Å². The van der Waals surface area contributed by atoms with Crippen LogP contribution in [0.15, 0.2) is 87.5 Å². The zero-order valence-corrected chi connectivity index (χ0v) is 47.0. The van der Waals surface area contributed by atoms with Crippen molar-refractivity contribution in [1.82, 2.24) is 35.6 Å². The van der Waals surface area contributed by atoms with Gasteiger partial charge in [0.15, 0.2) is 17.4 Å². The number of hydrogen-bond acceptors (Lipinski definition) is 22. The Morgan fingerprint density at radius 3 is 1.67 bits per heavy atom. The quantitative estimate of drug-likeness (QED) is 0.0171. The fourth-order valence-corrected chi connectivity index (χ4v) is 9.32. The maximum Gasteiger partial charge on any atom is 0.303 e. The van der Waals surface area contributed by atoms with Crippen molar-refractivity contribution in [1.29, 1.82) is 0 Å². The van der Waals surface area contributed by atoms with Gasteiger partial charge in [-0.05, 0) is 102 Å². The number of fused-ring (bicyclic) bond motifs is 2. The molecule has 30 heteroatoms. The van der Waals surface area contributed by atoms with Gasteiger partial charge in [0.2, 0.25) is 11.9 Å². The molecule has 27 nitrogen and oxygen atoms in total. The standard InChI is InChI=1S/C30H23N7O11S3.C7H12N4O.C7H12O3.C7H14O/c1-14-32-29(35-15-5-4-6-17(11-15)49(40,41)42)37-30(33-14)36-20-10-9-16(12-22(20)50(43,44)45)34-21-13-23(51(46,47)48)26(31)25-24(21)27(38)18-7-2-3-8-19(18)28(25)39;1-6(12)4-2-3-5-7-8-10-11-9-7;1-6(8)4-2-3-5-7(9)10;1-3-4-5-6-7(2)8/h2-13,34H,31H2,1H3,(H,40,41,42)(H,43,44,45)(H,46,47,48)(H2,32,33,35,36,37);2-5H2,1H3,(H,8,9,10,11);2-5H2,1H3,(H,9,10);3-6H2,1-2H3. The third-order valence-electron chi connectivity index (χ3n) is 11.3. The van der Waals surface area contributed by atoms with Gasteiger partial charge in [-0.2, -0.15) is 45.4 Å². The number of carbonyl (C=O) groups excluding carboxylic acids is 5. The largest absolute Gasteiger partial charge is 0.481 e. The van der Waals surface area contributed by atoms with E-state index in [1.807, 2.05) is 0 Å². The van der Waals surface area contributed by atoms with Gasteiger partial charge < -0.3 is 41.2 Å². The second kappa shape index (κ2) is 29.8. The second-order valence-electron chi connectivity index (χ2n) is 18.1. The molecule has 2 aromatic heterocycles. The molecule has 6 aromatic rings. The highest BCUT2D eigenvalue weighted by molar-refractivity contribution is 7.86. The lowest BCUT2D eigenvalue weighted by molar-refractivity contribution is -0.137. The average molecular weight is 1180 g/mol. The Morgan fingerprint density at radius 1 is 0.593 bits per heavy atom. The number of carboxylic acids is 1. The number of aromatic amines is 1. The number of tetrazole rings is 1. The third-order valence-corrected chi connectivity index (χ3v) is 13.9. The number of carboxylic acid groups (broad SMARTS) is 1. The summed E-state index contributed by atoms with van der Waals surface area (Å²) in [5.41, 5.74) is 3.88. The number of unbranched alkanes of at least 4 members (excludes halogenated alkanes) is 4. The number of nitrogens with two attached hydrogens (primary N) is 1. The lowest BCUT2D eigenvalue weighted by atomic mass is 9.82. The van der Waals surface area contributed by atoms with Gasteiger partial charge in [-0.15, -0.1) is 10.2 Å². The Kier molecular flexibility index (Phi) is 24.0. The summed E-state index contributed by atoms with van der Waals surface area (Å²) in [6, 6.07) is 15.0. The summed E-state index contributed by atoms with van der Waals surface area (Å²) in [5.74, 6) is -1.12. The van der Waals surface area contributed by atoms with E-state index < -0.39 is 73.8 Å². The zero-order chi connectivity index (χ0) is 60.2. The summed E-state index contributed by atoms with van der Waals surface area (Å²) in [6.07, 6.45) is 9.52. The van der Waals surface area contributed by atoms with E-state index in [1.165, 1.54) is 75.2 Å². The Bertz CT molecular complexity index is 3600. The summed E-state index contributed by atoms with van der Waals surface area (Å²) in [4.78, 5) is 78.6. The zero-order valence-electron chi connectivity index (χ0n) is 44.6. The van der Waals surface area contributed by atoms with Gasteiger partial charge in [0.25, 0.3) is 30.4 Å². The van der Waals surface area contributed by atoms with Crippen LogP contribution in [0.1, 0.15) is 142 Å². The van der Waals surface area contributed by atoms with Crippen molar-refractivity contribution in [3.8, 4) is 0 Å². The third kappa shape index (κ3) is 20.7. The number of Topliss-reactive ketones (excluding diaryl/α,β-unsaturated/α-hetero) is 3. The highest BCUT2D eigenvalue weighted by atomic mass is 32.2. The van der Waals surface area contributed by atoms with Gasteiger partial charge in [0, 0.05) is 54.6 Å². The van der Waals surface area contributed by atoms with Crippen LogP contribution in [0.5, 0.6) is 0 Å². The first-order chi connectivity index (χ1) is 38.0. The summed E-state index contributed by atoms with van der Waals surface area (Å²) >= 11 is 0. The number of aliphatic carboxylic acids is 1. The predicted octanol–water partition coefficient (Wildman–Crippen LogP) is 7.39. The molecule has 2 heterocycles. The van der Waals surface area contributed by atoms with Crippen molar-refractivity contribution in [3.63, 3.8) is 0 Å². The number of aromatic nitrogens is 7. The van der Waals surface area contributed by atoms with E-state index in [0.717, 1.165) is 62.2 Å². The van der Waals surface area contributed by atoms with E-state index >= 15 is 0 Å². The highest BCUT2D eigenvalue weighted by Crippen LogP contribution is 2.41. The molecule has 7 rings (SSSR count). The first kappa shape index (κ1) is 65.2. The van der Waals surface area contributed by atoms with Gasteiger partial charge in [0.1, 0.15) is 33.0 Å². The molecule has 81 heavy (non-hydrogen) atoms. The van der Waals surface area contributed by atoms with E-state index in [4.69, 9.17) is 10.8 Å². The van der Waals surface area contributed by atoms with Crippen molar-refractivity contribution in [2.45, 2.75) is 126 Å². The van der Waals surface area contributed by atoms with Crippen LogP contribution in [0, 0.1) is 6.92 Å². The normalized spacial score (nSPS) is 11.7. The molecule has 0 atom stereocenters. The number of nitrogens with one attached hydrogen (secondary N) is 4. The smallest absolute Gasteiger partial charge is 0.303 e. The number of nitrogens with zero attached hydrogens (tertiary/aromatic N) is 6. The number of aryl methyl sites for hydroxylation is 2. The van der Waals surface area contributed by atoms with Crippen LogP contribution in [0.2, 0.25) is 0 Å². The fourth-order valence-electron chi connectivity index (χ4n) is 7.48. The van der Waals surface area contributed by atoms with Crippen LogP contribution in [-0.4, -0.2) is 114 Å². The fraction of sp³-hybridized carbons (Fsp3) is 0.333. The van der Waals surface area contributed by atoms with E-state index in [2.05, 4.69) is 58.5 Å². The van der Waals surface area contributed by atoms with Crippen molar-refractivity contribution < 1.29 is 72.8 Å². The molecular weight excluding hydrogens is 1120 g/mol. The molecule has 0 spiro atoms. The van der Waals surface area contributed by atoms with Crippen LogP contribution >= 0.6 is 0 Å². The lowest BCUT2D eigenvalue weighted by Crippen LogP contribution is -2.25. The van der Waals surface area contributed by atoms with Crippen molar-refractivity contribution in [2.24, 2.45) is 0 Å². The minimum absolute atomic E-state index is 0.0112. The van der Waals surface area contributed by atoms with Gasteiger partial charge in [-0.25, -0.2) is 0 Å². The molecule has 0 saturated heterocycles. The Balaban J connectivity index is 0.000000380. The van der Waals surface area contributed by atoms with Crippen LogP contribution in [0.3, 0.4) is 0 Å². The SMILES string of the molecule is CC(=O)CCCCC(=O)O.CC(=O)CCCCc1nn[nH]n1.CCCCCC(C)=O.Cc1nc(Nc2cccc(S(=O)(=O)O)c2)nc(Nc2ccc(Nc3cc(S(=O)(=O)O)c(N)c4c3C(=O)c3ccccc3C4=O)cc2S(=O)(=O)O)n1. The van der Waals surface area contributed by atoms with Gasteiger partial charge in [-0.1, -0.05) is 55.3 Å². The van der Waals surface area contributed by atoms with Gasteiger partial charge >= 0.3 is 5.97 Å². The molecule has 1 aliphatic rings. The number of H-pyrrole nitrogens is 1. The predicted molar refractivity (Wildman–Crippen MR) is 295 cm³/mol. The molecular formula is C51H61N11O16S3. The molecule has 434 valence electrons. The minimum atomic E-state index is -5.05. The summed E-state index contributed by atoms with van der Waals surface area (Å²) in [7, 11) is -14.6. The van der Waals surface area contributed by atoms with E-state index in [-0.39, 0.29) is 75.1 Å². The van der Waals surface area contributed by atoms with Crippen LogP contribution < -0.4 is 21.7 Å². The average Bonchev–Trinajstić information content (AvgIpc) is 3.98. The van der Waals surface area contributed by atoms with Crippen molar-refractivity contribution in [2.75, 3.05) is 21.7 Å². The second-order valence-corrected chi connectivity index (χ2v) is 22.3. The summed E-state index contributed by atoms with van der Waals surface area (Å²) in [6.45, 7) is 8.38. The number of anilines is 7. The first-order valence-electron chi connectivity index (χ1n) is 24.8. The Morgan fingerprint density at radius 2 is 1.14 bits per heavy atom. The lowest BCUT2D eigenvalue weighted by Gasteiger charge is -2.24. The summed E-state index contributed by atoms with van der Waals surface area (Å²) < 4.78 is 102. The minimum Gasteiger partial charge on any atom is -0.481 e. The highest BCUT2D eigenvalue weighted by Gasteiger charge is 2.36. The molecule has 0 unspecified atom stereocenters. The van der Waals surface area contributed by atoms with Crippen LogP contribution in [-0.2, 0) is 56.0 Å². The number of hydrogen-bond donors (Lipinski definition) is 9. The Labute approximate surface area is 466 Å². The van der Waals surface area contributed by atoms with Gasteiger partial charge in [-0.3, -0.25) is 28.0 Å². The molecule has 0 fully saturated rings. The number of ketones is 5. The maximum absolute atomic E-state index is 13.6. The first-order valence-corrected chi connectivity index (χ1v) is 29.1. The molecule has 1 aliphatic carbocycles. The van der Waals surface area contributed by atoms with Crippen molar-refractivity contribution in [3.05, 3.63) is 107 Å². The van der Waals surface area contributed by atoms with Gasteiger partial charge in [0.05, 0.1) is 33.1 Å². The van der Waals surface area contributed by atoms with Crippen molar-refractivity contribution >= 4 is 106 Å². The molecule has 0 radical (unpaired) electrons. The number of benzene rings is 4. The van der Waals surface area contributed by atoms with E-state index in [0.29, 0.717) is 31.5 Å². The van der Waals surface area contributed by atoms with E-state index in [1.54, 1.807) is 13.8 Å². The maximum atomic E-state index is 13.6. The molecule has 0 saturated carbocycles. The molecule has 0 bridgehead atoms. The topological polar surface area (TPSA) is 441 Å². The van der Waals surface area contributed by atoms with Crippen LogP contribution in [0.25, 0.3) is 0 Å². The Hall–Kier alpha value is -8.29. The molecule has 10 N–H and O–H groups in total. The number of rotatable bonds is 23. The number of nitrogen functional groups attached to an aromatic ring is 1. The molecule has 4 aromatic carbocycles. The molecule has 0 aliphatic heterocycles. The number of carbonyl (C=O) groups is 6. The molecule has 0 amide bonds. The summed E-state index contributed by atoms with van der Waals surface area (Å²) in [5, 5.41) is 29.7.